The van der Waals surface area contributed by atoms with Crippen molar-refractivity contribution in [2.24, 2.45) is 0 Å². The normalized spacial score (nSPS) is 10.9. The van der Waals surface area contributed by atoms with Gasteiger partial charge in [-0.1, -0.05) is 23.2 Å². The van der Waals surface area contributed by atoms with Crippen molar-refractivity contribution in [1.82, 2.24) is 14.8 Å². The summed E-state index contributed by atoms with van der Waals surface area (Å²) < 4.78 is 29.8. The zero-order chi connectivity index (χ0) is 15.6. The fourth-order valence-electron chi connectivity index (χ4n) is 1.48. The predicted octanol–water partition coefficient (Wildman–Crippen LogP) is 2.92. The summed E-state index contributed by atoms with van der Waals surface area (Å²) in [6.45, 7) is -0.967. The van der Waals surface area contributed by atoms with Crippen LogP contribution in [0, 0.1) is 0 Å². The highest BCUT2D eigenvalue weighted by atomic mass is 35.5. The number of nitrogens with zero attached hydrogens (tertiary/aromatic N) is 3. The molecule has 6 nitrogen and oxygen atoms in total. The molecule has 2 rings (SSSR count). The molecule has 0 fully saturated rings. The van der Waals surface area contributed by atoms with E-state index in [0.29, 0.717) is 0 Å². The number of rotatable bonds is 5. The third kappa shape index (κ3) is 3.22. The van der Waals surface area contributed by atoms with Crippen LogP contribution in [0.4, 0.5) is 8.78 Å². The molecule has 0 aliphatic heterocycles. The summed E-state index contributed by atoms with van der Waals surface area (Å²) in [5, 5.41) is 12.6. The van der Waals surface area contributed by atoms with Crippen molar-refractivity contribution >= 4 is 29.2 Å². The van der Waals surface area contributed by atoms with E-state index in [1.807, 2.05) is 0 Å². The molecule has 2 aromatic rings. The number of aromatic carboxylic acids is 1. The van der Waals surface area contributed by atoms with Crippen LogP contribution in [0.3, 0.4) is 0 Å². The first kappa shape index (κ1) is 15.5. The van der Waals surface area contributed by atoms with Gasteiger partial charge in [0.25, 0.3) is 12.3 Å². The second kappa shape index (κ2) is 6.23. The lowest BCUT2D eigenvalue weighted by Crippen LogP contribution is -2.10. The first-order valence-electron chi connectivity index (χ1n) is 5.45. The molecule has 0 spiro atoms. The second-order valence-electron chi connectivity index (χ2n) is 3.70. The maximum Gasteiger partial charge on any atom is 0.356 e. The lowest BCUT2D eigenvalue weighted by Gasteiger charge is -2.04. The Morgan fingerprint density at radius 2 is 2.19 bits per heavy atom. The van der Waals surface area contributed by atoms with Crippen LogP contribution < -0.4 is 4.74 Å². The fourth-order valence-corrected chi connectivity index (χ4v) is 1.94. The molecule has 2 heterocycles. The zero-order valence-electron chi connectivity index (χ0n) is 10.1. The number of hydrogen-bond acceptors (Lipinski definition) is 4. The van der Waals surface area contributed by atoms with Gasteiger partial charge in [0.05, 0.1) is 5.02 Å². The Morgan fingerprint density at radius 1 is 1.48 bits per heavy atom. The number of carboxylic acids is 1. The molecule has 21 heavy (non-hydrogen) atoms. The summed E-state index contributed by atoms with van der Waals surface area (Å²) in [5.74, 6) is -1.87. The largest absolute Gasteiger partial charge is 0.476 e. The third-order valence-corrected chi connectivity index (χ3v) is 2.92. The first-order valence-corrected chi connectivity index (χ1v) is 6.21. The smallest absolute Gasteiger partial charge is 0.356 e. The molecule has 2 aromatic heterocycles. The van der Waals surface area contributed by atoms with Crippen LogP contribution in [-0.2, 0) is 0 Å². The summed E-state index contributed by atoms with van der Waals surface area (Å²) in [6.07, 6.45) is -1.39. The van der Waals surface area contributed by atoms with Crippen molar-refractivity contribution in [2.45, 2.75) is 6.43 Å². The Labute approximate surface area is 126 Å². The molecular formula is C11H7Cl2F2N3O3. The van der Waals surface area contributed by atoms with Crippen LogP contribution in [0.1, 0.15) is 10.5 Å². The number of hydrogen-bond donors (Lipinski definition) is 1. The minimum Gasteiger partial charge on any atom is -0.476 e. The van der Waals surface area contributed by atoms with Crippen LogP contribution in [0.2, 0.25) is 10.0 Å². The van der Waals surface area contributed by atoms with E-state index in [2.05, 4.69) is 14.8 Å². The van der Waals surface area contributed by atoms with E-state index in [1.54, 1.807) is 0 Å². The molecule has 0 bridgehead atoms. The lowest BCUT2D eigenvalue weighted by atomic mass is 10.4. The van der Waals surface area contributed by atoms with Crippen molar-refractivity contribution in [1.29, 1.82) is 0 Å². The number of pyridine rings is 1. The van der Waals surface area contributed by atoms with Gasteiger partial charge >= 0.3 is 5.97 Å². The van der Waals surface area contributed by atoms with Crippen LogP contribution in [0.15, 0.2) is 18.3 Å². The highest BCUT2D eigenvalue weighted by molar-refractivity contribution is 6.35. The average molecular weight is 338 g/mol. The van der Waals surface area contributed by atoms with Gasteiger partial charge in [-0.25, -0.2) is 23.2 Å². The van der Waals surface area contributed by atoms with Crippen molar-refractivity contribution in [3.63, 3.8) is 0 Å². The number of halogens is 4. The molecule has 10 heteroatoms. The van der Waals surface area contributed by atoms with Crippen LogP contribution in [0.5, 0.6) is 5.88 Å². The van der Waals surface area contributed by atoms with Gasteiger partial charge in [0.15, 0.2) is 18.1 Å². The molecule has 0 saturated carbocycles. The maximum atomic E-state index is 12.2. The van der Waals surface area contributed by atoms with E-state index >= 15 is 0 Å². The molecular weight excluding hydrogens is 331 g/mol. The molecule has 0 saturated heterocycles. The van der Waals surface area contributed by atoms with E-state index in [1.165, 1.54) is 18.3 Å². The maximum absolute atomic E-state index is 12.2. The number of carboxylic acid groups (broad SMARTS) is 1. The van der Waals surface area contributed by atoms with Gasteiger partial charge < -0.3 is 9.84 Å². The van der Waals surface area contributed by atoms with Crippen LogP contribution >= 0.6 is 23.2 Å². The van der Waals surface area contributed by atoms with Crippen molar-refractivity contribution in [3.05, 3.63) is 34.1 Å². The Hall–Kier alpha value is -1.93. The van der Waals surface area contributed by atoms with Gasteiger partial charge in [0.1, 0.15) is 5.02 Å². The number of carbonyl (C=O) groups is 1. The summed E-state index contributed by atoms with van der Waals surface area (Å²) in [4.78, 5) is 15.1. The van der Waals surface area contributed by atoms with Gasteiger partial charge in [-0.3, -0.25) is 0 Å². The molecule has 1 N–H and O–H groups in total. The van der Waals surface area contributed by atoms with Gasteiger partial charge in [0, 0.05) is 6.20 Å². The Bertz CT molecular complexity index is 679. The summed E-state index contributed by atoms with van der Waals surface area (Å²) >= 11 is 11.7. The van der Waals surface area contributed by atoms with E-state index < -0.39 is 35.6 Å². The molecule has 0 aliphatic rings. The third-order valence-electron chi connectivity index (χ3n) is 2.29. The van der Waals surface area contributed by atoms with Gasteiger partial charge in [-0.2, -0.15) is 0 Å². The lowest BCUT2D eigenvalue weighted by molar-refractivity contribution is 0.0687. The number of alkyl halides is 2. The number of aromatic nitrogens is 3. The van der Waals surface area contributed by atoms with Gasteiger partial charge in [-0.05, 0) is 12.1 Å². The predicted molar refractivity (Wildman–Crippen MR) is 69.8 cm³/mol. The molecule has 0 amide bonds. The Morgan fingerprint density at radius 3 is 2.76 bits per heavy atom. The van der Waals surface area contributed by atoms with E-state index in [9.17, 15) is 13.6 Å². The zero-order valence-corrected chi connectivity index (χ0v) is 11.6. The van der Waals surface area contributed by atoms with Crippen molar-refractivity contribution < 1.29 is 23.4 Å². The van der Waals surface area contributed by atoms with Crippen LogP contribution in [0.25, 0.3) is 5.82 Å². The fraction of sp³-hybridized carbons (Fsp3) is 0.182. The second-order valence-corrected chi connectivity index (χ2v) is 4.48. The number of ether oxygens (including phenoxy) is 1. The quantitative estimate of drug-likeness (QED) is 0.907. The SMILES string of the molecule is O=C(O)c1c(Cl)c(OCC(F)F)nn1-c1ncccc1Cl. The molecule has 0 radical (unpaired) electrons. The van der Waals surface area contributed by atoms with Crippen molar-refractivity contribution in [2.75, 3.05) is 6.61 Å². The van der Waals surface area contributed by atoms with Crippen LogP contribution in [-0.4, -0.2) is 38.9 Å². The molecule has 0 aliphatic carbocycles. The first-order chi connectivity index (χ1) is 9.91. The molecule has 0 atom stereocenters. The highest BCUT2D eigenvalue weighted by Crippen LogP contribution is 2.31. The molecule has 0 aromatic carbocycles. The minimum absolute atomic E-state index is 0.00892. The summed E-state index contributed by atoms with van der Waals surface area (Å²) in [5.41, 5.74) is -0.485. The van der Waals surface area contributed by atoms with E-state index in [-0.39, 0.29) is 10.8 Å². The topological polar surface area (TPSA) is 77.2 Å². The van der Waals surface area contributed by atoms with Crippen molar-refractivity contribution in [3.8, 4) is 11.7 Å². The van der Waals surface area contributed by atoms with Gasteiger partial charge in [0.2, 0.25) is 0 Å². The van der Waals surface area contributed by atoms with Gasteiger partial charge in [-0.15, -0.1) is 5.10 Å². The molecule has 0 unspecified atom stereocenters. The Balaban J connectivity index is 2.53. The highest BCUT2D eigenvalue weighted by Gasteiger charge is 2.26. The monoisotopic (exact) mass is 337 g/mol. The van der Waals surface area contributed by atoms with E-state index in [0.717, 1.165) is 4.68 Å². The van der Waals surface area contributed by atoms with E-state index in [4.69, 9.17) is 28.3 Å². The minimum atomic E-state index is -2.75. The Kier molecular flexibility index (Phi) is 4.59. The average Bonchev–Trinajstić information content (AvgIpc) is 2.74. The standard InChI is InChI=1S/C11H7Cl2F2N3O3/c12-5-2-1-3-16-9(5)18-8(11(19)20)7(13)10(17-18)21-4-6(14)15/h1-3,6H,4H2,(H,19,20). The summed E-state index contributed by atoms with van der Waals surface area (Å²) in [6, 6.07) is 3.00. The molecule has 112 valence electrons. The summed E-state index contributed by atoms with van der Waals surface area (Å²) in [7, 11) is 0.